The first-order valence-electron chi connectivity index (χ1n) is 9.43. The van der Waals surface area contributed by atoms with Crippen LogP contribution in [0.2, 0.25) is 5.15 Å². The first kappa shape index (κ1) is 20.3. The SMILES string of the molecule is Cc1ccccc1CC(=O)N1CCN(C(C)C(=O)Nc2cccnc2Cl)CC1. The molecule has 1 aliphatic heterocycles. The van der Waals surface area contributed by atoms with Crippen molar-refractivity contribution in [2.75, 3.05) is 31.5 Å². The summed E-state index contributed by atoms with van der Waals surface area (Å²) in [5.41, 5.74) is 2.71. The van der Waals surface area contributed by atoms with Crippen molar-refractivity contribution < 1.29 is 9.59 Å². The quantitative estimate of drug-likeness (QED) is 0.784. The molecule has 1 fully saturated rings. The van der Waals surface area contributed by atoms with Gasteiger partial charge >= 0.3 is 0 Å². The van der Waals surface area contributed by atoms with E-state index in [4.69, 9.17) is 11.6 Å². The number of carbonyl (C=O) groups excluding carboxylic acids is 2. The van der Waals surface area contributed by atoms with Crippen LogP contribution in [-0.2, 0) is 16.0 Å². The zero-order chi connectivity index (χ0) is 20.1. The van der Waals surface area contributed by atoms with E-state index in [0.29, 0.717) is 38.3 Å². The van der Waals surface area contributed by atoms with E-state index in [-0.39, 0.29) is 23.0 Å². The van der Waals surface area contributed by atoms with Crippen molar-refractivity contribution in [2.24, 2.45) is 0 Å². The first-order chi connectivity index (χ1) is 13.5. The average Bonchev–Trinajstić information content (AvgIpc) is 2.71. The number of anilines is 1. The Bertz CT molecular complexity index is 850. The normalized spacial score (nSPS) is 15.9. The Balaban J connectivity index is 1.51. The second-order valence-electron chi connectivity index (χ2n) is 7.03. The Labute approximate surface area is 170 Å². The van der Waals surface area contributed by atoms with E-state index >= 15 is 0 Å². The molecule has 1 aromatic carbocycles. The molecule has 0 bridgehead atoms. The van der Waals surface area contributed by atoms with E-state index in [2.05, 4.69) is 15.2 Å². The number of nitrogens with zero attached hydrogens (tertiary/aromatic N) is 3. The third-order valence-corrected chi connectivity index (χ3v) is 5.52. The van der Waals surface area contributed by atoms with Gasteiger partial charge in [0.25, 0.3) is 0 Å². The second-order valence-corrected chi connectivity index (χ2v) is 7.39. The number of amides is 2. The minimum atomic E-state index is -0.315. The molecule has 2 aromatic rings. The highest BCUT2D eigenvalue weighted by molar-refractivity contribution is 6.32. The van der Waals surface area contributed by atoms with Crippen LogP contribution in [0, 0.1) is 6.92 Å². The van der Waals surface area contributed by atoms with Gasteiger partial charge < -0.3 is 10.2 Å². The Kier molecular flexibility index (Phi) is 6.65. The summed E-state index contributed by atoms with van der Waals surface area (Å²) in [5, 5.41) is 3.10. The molecule has 1 N–H and O–H groups in total. The molecule has 28 heavy (non-hydrogen) atoms. The summed E-state index contributed by atoms with van der Waals surface area (Å²) in [6, 6.07) is 11.1. The minimum absolute atomic E-state index is 0.130. The highest BCUT2D eigenvalue weighted by Gasteiger charge is 2.27. The summed E-state index contributed by atoms with van der Waals surface area (Å²) in [5.74, 6) is 0.00258. The van der Waals surface area contributed by atoms with E-state index in [9.17, 15) is 9.59 Å². The third kappa shape index (κ3) is 4.88. The number of rotatable bonds is 5. The lowest BCUT2D eigenvalue weighted by molar-refractivity contribution is -0.133. The van der Waals surface area contributed by atoms with Gasteiger partial charge in [-0.25, -0.2) is 4.98 Å². The van der Waals surface area contributed by atoms with Crippen molar-refractivity contribution in [1.82, 2.24) is 14.8 Å². The molecule has 0 radical (unpaired) electrons. The predicted octanol–water partition coefficient (Wildman–Crippen LogP) is 2.76. The number of aryl methyl sites for hydroxylation is 1. The average molecular weight is 401 g/mol. The lowest BCUT2D eigenvalue weighted by atomic mass is 10.1. The van der Waals surface area contributed by atoms with Crippen molar-refractivity contribution in [1.29, 1.82) is 0 Å². The van der Waals surface area contributed by atoms with E-state index in [1.54, 1.807) is 18.3 Å². The van der Waals surface area contributed by atoms with Crippen LogP contribution in [0.4, 0.5) is 5.69 Å². The van der Waals surface area contributed by atoms with Crippen molar-refractivity contribution in [3.63, 3.8) is 0 Å². The van der Waals surface area contributed by atoms with Crippen molar-refractivity contribution in [3.8, 4) is 0 Å². The minimum Gasteiger partial charge on any atom is -0.340 e. The van der Waals surface area contributed by atoms with Crippen molar-refractivity contribution >= 4 is 29.1 Å². The van der Waals surface area contributed by atoms with Gasteiger partial charge in [-0.15, -0.1) is 0 Å². The number of benzene rings is 1. The maximum absolute atomic E-state index is 12.6. The van der Waals surface area contributed by atoms with Gasteiger partial charge in [-0.3, -0.25) is 14.5 Å². The number of nitrogens with one attached hydrogen (secondary N) is 1. The molecule has 3 rings (SSSR count). The fourth-order valence-electron chi connectivity index (χ4n) is 3.32. The van der Waals surface area contributed by atoms with E-state index < -0.39 is 0 Å². The van der Waals surface area contributed by atoms with Gasteiger partial charge in [0.15, 0.2) is 5.15 Å². The highest BCUT2D eigenvalue weighted by Crippen LogP contribution is 2.19. The Morgan fingerprint density at radius 1 is 1.14 bits per heavy atom. The predicted molar refractivity (Wildman–Crippen MR) is 110 cm³/mol. The van der Waals surface area contributed by atoms with Crippen LogP contribution in [-0.4, -0.2) is 58.8 Å². The zero-order valence-corrected chi connectivity index (χ0v) is 16.9. The van der Waals surface area contributed by atoms with Crippen LogP contribution < -0.4 is 5.32 Å². The first-order valence-corrected chi connectivity index (χ1v) is 9.81. The summed E-state index contributed by atoms with van der Waals surface area (Å²) in [4.78, 5) is 33.1. The van der Waals surface area contributed by atoms with Gasteiger partial charge in [-0.05, 0) is 37.1 Å². The lowest BCUT2D eigenvalue weighted by Crippen LogP contribution is -2.54. The van der Waals surface area contributed by atoms with Crippen molar-refractivity contribution in [2.45, 2.75) is 26.3 Å². The number of piperazine rings is 1. The number of pyridine rings is 1. The number of aromatic nitrogens is 1. The molecule has 1 unspecified atom stereocenters. The Morgan fingerprint density at radius 3 is 2.54 bits per heavy atom. The molecular weight excluding hydrogens is 376 g/mol. The third-order valence-electron chi connectivity index (χ3n) is 5.21. The number of carbonyl (C=O) groups is 2. The molecule has 7 heteroatoms. The van der Waals surface area contributed by atoms with Gasteiger partial charge in [0.1, 0.15) is 0 Å². The second kappa shape index (κ2) is 9.17. The molecule has 0 aliphatic carbocycles. The summed E-state index contributed by atoms with van der Waals surface area (Å²) >= 11 is 6.01. The van der Waals surface area contributed by atoms with Crippen LogP contribution in [0.1, 0.15) is 18.1 Å². The van der Waals surface area contributed by atoms with Crippen LogP contribution in [0.15, 0.2) is 42.6 Å². The van der Waals surface area contributed by atoms with Crippen LogP contribution in [0.5, 0.6) is 0 Å². The molecule has 1 atom stereocenters. The maximum atomic E-state index is 12.6. The fraction of sp³-hybridized carbons (Fsp3) is 0.381. The van der Waals surface area contributed by atoms with Gasteiger partial charge in [-0.1, -0.05) is 35.9 Å². The van der Waals surface area contributed by atoms with Gasteiger partial charge in [0.2, 0.25) is 11.8 Å². The molecule has 6 nitrogen and oxygen atoms in total. The molecule has 148 valence electrons. The molecule has 2 amide bonds. The molecule has 1 aromatic heterocycles. The topological polar surface area (TPSA) is 65.5 Å². The summed E-state index contributed by atoms with van der Waals surface area (Å²) in [6.45, 7) is 6.45. The van der Waals surface area contributed by atoms with Crippen molar-refractivity contribution in [3.05, 3.63) is 58.9 Å². The Hall–Kier alpha value is -2.44. The van der Waals surface area contributed by atoms with Crippen LogP contribution in [0.25, 0.3) is 0 Å². The van der Waals surface area contributed by atoms with E-state index in [0.717, 1.165) is 11.1 Å². The molecule has 0 saturated carbocycles. The lowest BCUT2D eigenvalue weighted by Gasteiger charge is -2.37. The largest absolute Gasteiger partial charge is 0.340 e. The van der Waals surface area contributed by atoms with E-state index in [1.165, 1.54) is 0 Å². The summed E-state index contributed by atoms with van der Waals surface area (Å²) in [7, 11) is 0. The van der Waals surface area contributed by atoms with Gasteiger partial charge in [-0.2, -0.15) is 0 Å². The van der Waals surface area contributed by atoms with Gasteiger partial charge in [0.05, 0.1) is 18.2 Å². The van der Waals surface area contributed by atoms with Crippen LogP contribution in [0.3, 0.4) is 0 Å². The molecule has 0 spiro atoms. The molecule has 1 aliphatic rings. The smallest absolute Gasteiger partial charge is 0.241 e. The molecular formula is C21H25ClN4O2. The number of hydrogen-bond donors (Lipinski definition) is 1. The van der Waals surface area contributed by atoms with Gasteiger partial charge in [0, 0.05) is 32.4 Å². The standard InChI is InChI=1S/C21H25ClN4O2/c1-15-6-3-4-7-17(15)14-19(27)26-12-10-25(11-13-26)16(2)21(28)24-18-8-5-9-23-20(18)22/h3-9,16H,10-14H2,1-2H3,(H,24,28). The number of hydrogen-bond acceptors (Lipinski definition) is 4. The zero-order valence-electron chi connectivity index (χ0n) is 16.2. The number of halogens is 1. The fourth-order valence-corrected chi connectivity index (χ4v) is 3.49. The summed E-state index contributed by atoms with van der Waals surface area (Å²) < 4.78 is 0. The monoisotopic (exact) mass is 400 g/mol. The highest BCUT2D eigenvalue weighted by atomic mass is 35.5. The van der Waals surface area contributed by atoms with Crippen LogP contribution >= 0.6 is 11.6 Å². The van der Waals surface area contributed by atoms with E-state index in [1.807, 2.05) is 43.0 Å². The molecule has 2 heterocycles. The maximum Gasteiger partial charge on any atom is 0.241 e. The summed E-state index contributed by atoms with van der Waals surface area (Å²) in [6.07, 6.45) is 2.00. The molecule has 1 saturated heterocycles. The Morgan fingerprint density at radius 2 is 1.86 bits per heavy atom.